The summed E-state index contributed by atoms with van der Waals surface area (Å²) in [6, 6.07) is -0.550. The lowest BCUT2D eigenvalue weighted by Gasteiger charge is -2.22. The van der Waals surface area contributed by atoms with Crippen molar-refractivity contribution in [3.05, 3.63) is 24.3 Å². The predicted octanol–water partition coefficient (Wildman–Crippen LogP) is 18.6. The molecule has 67 heavy (non-hydrogen) atoms. The molecule has 0 fully saturated rings. The zero-order valence-corrected chi connectivity index (χ0v) is 45.1. The minimum atomic E-state index is -0.672. The molecule has 0 aromatic rings. The molecule has 0 aromatic heterocycles. The van der Waals surface area contributed by atoms with Crippen LogP contribution in [0.5, 0.6) is 0 Å². The lowest BCUT2D eigenvalue weighted by Crippen LogP contribution is -2.45. The number of carbonyl (C=O) groups is 2. The summed E-state index contributed by atoms with van der Waals surface area (Å²) in [4.78, 5) is 24.6. The van der Waals surface area contributed by atoms with E-state index in [-0.39, 0.29) is 18.5 Å². The highest BCUT2D eigenvalue weighted by atomic mass is 16.5. The van der Waals surface area contributed by atoms with Crippen molar-refractivity contribution in [2.45, 2.75) is 341 Å². The van der Waals surface area contributed by atoms with Crippen LogP contribution in [0.3, 0.4) is 0 Å². The minimum absolute atomic E-state index is 0.00877. The van der Waals surface area contributed by atoms with Crippen molar-refractivity contribution in [1.29, 1.82) is 0 Å². The minimum Gasteiger partial charge on any atom is -0.466 e. The predicted molar refractivity (Wildman–Crippen MR) is 292 cm³/mol. The van der Waals surface area contributed by atoms with E-state index in [1.54, 1.807) is 0 Å². The van der Waals surface area contributed by atoms with Crippen LogP contribution in [0, 0.1) is 0 Å². The summed E-state index contributed by atoms with van der Waals surface area (Å²) in [6.45, 7) is 4.93. The number of hydrogen-bond donors (Lipinski definition) is 3. The SMILES string of the molecule is CCCCCC/C=C\C/C=C\CCCCCCCCCC(=O)OCCCCCCCCCCCCCCCCC(=O)NC(CO)C(O)CCCCCCCCCCCCCCCCCCCC. The summed E-state index contributed by atoms with van der Waals surface area (Å²) in [6.07, 6.45) is 68.8. The van der Waals surface area contributed by atoms with E-state index in [9.17, 15) is 19.8 Å². The molecule has 0 saturated carbocycles. The Hall–Kier alpha value is -1.66. The smallest absolute Gasteiger partial charge is 0.305 e. The standard InChI is InChI=1S/C61H117NO5/c1-3-5-7-9-11-13-15-17-19-21-23-25-29-33-37-41-45-49-53-59(64)58(57-63)62-60(65)54-50-46-42-38-34-30-27-28-32-36-40-44-48-52-56-67-61(66)55-51-47-43-39-35-31-26-24-22-20-18-16-14-12-10-8-6-4-2/h14,16,20,22,58-59,63-64H,3-13,15,17-19,21,23-57H2,1-2H3,(H,62,65)/b16-14-,22-20-. The van der Waals surface area contributed by atoms with Crippen molar-refractivity contribution >= 4 is 11.9 Å². The maximum Gasteiger partial charge on any atom is 0.305 e. The Bertz CT molecular complexity index is 1040. The van der Waals surface area contributed by atoms with Crippen molar-refractivity contribution in [3.63, 3.8) is 0 Å². The van der Waals surface area contributed by atoms with Crippen molar-refractivity contribution in [2.24, 2.45) is 0 Å². The number of amides is 1. The van der Waals surface area contributed by atoms with Gasteiger partial charge in [0, 0.05) is 12.8 Å². The van der Waals surface area contributed by atoms with Gasteiger partial charge in [-0.1, -0.05) is 282 Å². The van der Waals surface area contributed by atoms with E-state index in [1.807, 2.05) is 0 Å². The van der Waals surface area contributed by atoms with Gasteiger partial charge >= 0.3 is 5.97 Å². The fourth-order valence-corrected chi connectivity index (χ4v) is 9.38. The third-order valence-corrected chi connectivity index (χ3v) is 14.0. The summed E-state index contributed by atoms with van der Waals surface area (Å²) >= 11 is 0. The van der Waals surface area contributed by atoms with E-state index >= 15 is 0 Å². The number of carbonyl (C=O) groups excluding carboxylic acids is 2. The Morgan fingerprint density at radius 1 is 0.418 bits per heavy atom. The second-order valence-electron chi connectivity index (χ2n) is 20.7. The average molecular weight is 945 g/mol. The van der Waals surface area contributed by atoms with Crippen LogP contribution in [0.4, 0.5) is 0 Å². The van der Waals surface area contributed by atoms with Crippen LogP contribution in [0.2, 0.25) is 0 Å². The zero-order chi connectivity index (χ0) is 48.6. The molecule has 0 saturated heterocycles. The molecule has 6 heteroatoms. The molecule has 0 heterocycles. The van der Waals surface area contributed by atoms with E-state index in [4.69, 9.17) is 4.74 Å². The first-order chi connectivity index (χ1) is 33.0. The van der Waals surface area contributed by atoms with Gasteiger partial charge in [-0.25, -0.2) is 0 Å². The van der Waals surface area contributed by atoms with Crippen molar-refractivity contribution in [3.8, 4) is 0 Å². The van der Waals surface area contributed by atoms with E-state index < -0.39 is 12.1 Å². The molecule has 6 nitrogen and oxygen atoms in total. The number of aliphatic hydroxyl groups is 2. The van der Waals surface area contributed by atoms with Crippen molar-refractivity contribution < 1.29 is 24.5 Å². The van der Waals surface area contributed by atoms with Gasteiger partial charge in [0.1, 0.15) is 0 Å². The fraction of sp³-hybridized carbons (Fsp3) is 0.902. The Labute approximate surface area is 418 Å². The lowest BCUT2D eigenvalue weighted by molar-refractivity contribution is -0.143. The van der Waals surface area contributed by atoms with Gasteiger partial charge in [-0.2, -0.15) is 0 Å². The van der Waals surface area contributed by atoms with Gasteiger partial charge < -0.3 is 20.3 Å². The number of aliphatic hydroxyl groups excluding tert-OH is 2. The molecule has 0 radical (unpaired) electrons. The Morgan fingerprint density at radius 2 is 0.746 bits per heavy atom. The third kappa shape index (κ3) is 53.5. The largest absolute Gasteiger partial charge is 0.466 e. The van der Waals surface area contributed by atoms with Crippen LogP contribution in [-0.4, -0.2) is 47.4 Å². The molecular formula is C61H117NO5. The first-order valence-corrected chi connectivity index (χ1v) is 30.1. The van der Waals surface area contributed by atoms with Crippen molar-refractivity contribution in [2.75, 3.05) is 13.2 Å². The number of hydrogen-bond acceptors (Lipinski definition) is 5. The Balaban J connectivity index is 3.43. The molecule has 0 aliphatic heterocycles. The maximum atomic E-state index is 12.5. The van der Waals surface area contributed by atoms with Crippen LogP contribution >= 0.6 is 0 Å². The molecule has 0 rings (SSSR count). The van der Waals surface area contributed by atoms with Crippen LogP contribution in [0.15, 0.2) is 24.3 Å². The summed E-state index contributed by atoms with van der Waals surface area (Å²) in [5, 5.41) is 23.3. The molecule has 2 atom stereocenters. The van der Waals surface area contributed by atoms with Gasteiger partial charge in [0.15, 0.2) is 0 Å². The zero-order valence-electron chi connectivity index (χ0n) is 45.1. The average Bonchev–Trinajstić information content (AvgIpc) is 3.33. The molecule has 1 amide bonds. The number of unbranched alkanes of at least 4 members (excludes halogenated alkanes) is 41. The number of rotatable bonds is 56. The summed E-state index contributed by atoms with van der Waals surface area (Å²) in [5.74, 6) is -0.0521. The molecule has 2 unspecified atom stereocenters. The first-order valence-electron chi connectivity index (χ1n) is 30.1. The van der Waals surface area contributed by atoms with Gasteiger partial charge in [0.05, 0.1) is 25.4 Å². The number of allylic oxidation sites excluding steroid dienone is 4. The fourth-order valence-electron chi connectivity index (χ4n) is 9.38. The topological polar surface area (TPSA) is 95.9 Å². The van der Waals surface area contributed by atoms with E-state index in [0.717, 1.165) is 57.8 Å². The van der Waals surface area contributed by atoms with Crippen LogP contribution in [0.1, 0.15) is 328 Å². The van der Waals surface area contributed by atoms with Crippen LogP contribution in [-0.2, 0) is 14.3 Å². The maximum absolute atomic E-state index is 12.5. The molecule has 0 aromatic carbocycles. The quantitative estimate of drug-likeness (QED) is 0.0321. The summed E-state index contributed by atoms with van der Waals surface area (Å²) in [7, 11) is 0. The molecular weight excluding hydrogens is 827 g/mol. The summed E-state index contributed by atoms with van der Waals surface area (Å²) in [5.41, 5.74) is 0. The van der Waals surface area contributed by atoms with E-state index in [1.165, 1.54) is 238 Å². The second kappa shape index (κ2) is 56.9. The van der Waals surface area contributed by atoms with E-state index in [0.29, 0.717) is 25.9 Å². The van der Waals surface area contributed by atoms with Gasteiger partial charge in [0.2, 0.25) is 5.91 Å². The van der Waals surface area contributed by atoms with Crippen molar-refractivity contribution in [1.82, 2.24) is 5.32 Å². The summed E-state index contributed by atoms with van der Waals surface area (Å²) < 4.78 is 5.48. The van der Waals surface area contributed by atoms with Crippen LogP contribution in [0.25, 0.3) is 0 Å². The molecule has 0 spiro atoms. The number of ether oxygens (including phenoxy) is 1. The lowest BCUT2D eigenvalue weighted by atomic mass is 10.0. The third-order valence-electron chi connectivity index (χ3n) is 14.0. The normalized spacial score (nSPS) is 12.7. The number of nitrogens with one attached hydrogen (secondary N) is 1. The van der Waals surface area contributed by atoms with E-state index in [2.05, 4.69) is 43.5 Å². The molecule has 0 aliphatic carbocycles. The molecule has 0 bridgehead atoms. The van der Waals surface area contributed by atoms with Gasteiger partial charge in [-0.15, -0.1) is 0 Å². The highest BCUT2D eigenvalue weighted by molar-refractivity contribution is 5.76. The number of esters is 1. The monoisotopic (exact) mass is 944 g/mol. The first kappa shape index (κ1) is 65.3. The van der Waals surface area contributed by atoms with Gasteiger partial charge in [-0.05, 0) is 57.8 Å². The van der Waals surface area contributed by atoms with Gasteiger partial charge in [0.25, 0.3) is 0 Å². The highest BCUT2D eigenvalue weighted by Gasteiger charge is 2.20. The molecule has 396 valence electrons. The molecule has 0 aliphatic rings. The highest BCUT2D eigenvalue weighted by Crippen LogP contribution is 2.18. The molecule has 3 N–H and O–H groups in total. The second-order valence-corrected chi connectivity index (χ2v) is 20.7. The van der Waals surface area contributed by atoms with Crippen LogP contribution < -0.4 is 5.32 Å². The Kier molecular flexibility index (Phi) is 55.5. The van der Waals surface area contributed by atoms with Gasteiger partial charge in [-0.3, -0.25) is 9.59 Å². The Morgan fingerprint density at radius 3 is 1.15 bits per heavy atom.